The van der Waals surface area contributed by atoms with E-state index in [2.05, 4.69) is 0 Å². The van der Waals surface area contributed by atoms with Gasteiger partial charge in [0.2, 0.25) is 5.60 Å². The Balaban J connectivity index is 3.51. The van der Waals surface area contributed by atoms with Crippen molar-refractivity contribution in [3.05, 3.63) is 34.6 Å². The number of nitrogens with two attached hydrogens (primary N) is 1. The van der Waals surface area contributed by atoms with Crippen LogP contribution in [0.25, 0.3) is 0 Å². The third-order valence-electron chi connectivity index (χ3n) is 2.61. The third-order valence-corrected chi connectivity index (χ3v) is 2.61. The lowest BCUT2D eigenvalue weighted by Gasteiger charge is -2.31. The fourth-order valence-corrected chi connectivity index (χ4v) is 1.80. The lowest BCUT2D eigenvalue weighted by Crippen LogP contribution is -2.49. The smallest absolute Gasteiger partial charge is 0.375 e. The molecule has 0 radical (unpaired) electrons. The van der Waals surface area contributed by atoms with Gasteiger partial charge in [-0.1, -0.05) is 6.07 Å². The summed E-state index contributed by atoms with van der Waals surface area (Å²) in [5.41, 5.74) is 1.30. The predicted molar refractivity (Wildman–Crippen MR) is 54.9 cm³/mol. The molecule has 6 heteroatoms. The van der Waals surface area contributed by atoms with E-state index >= 15 is 0 Å². The Hall–Kier alpha value is -1.14. The molecule has 1 aromatic rings. The Morgan fingerprint density at radius 3 is 2.12 bits per heavy atom. The minimum absolute atomic E-state index is 0.0211. The highest BCUT2D eigenvalue weighted by molar-refractivity contribution is 5.37. The Kier molecular flexibility index (Phi) is 3.50. The molecule has 17 heavy (non-hydrogen) atoms. The van der Waals surface area contributed by atoms with Gasteiger partial charge in [-0.2, -0.15) is 13.2 Å². The molecule has 0 bridgehead atoms. The molecule has 0 heterocycles. The number of hydrogen-bond donors (Lipinski definition) is 2. The number of aryl methyl sites for hydroxylation is 2. The predicted octanol–water partition coefficient (Wildman–Crippen LogP) is 2.15. The Bertz CT molecular complexity index is 407. The molecule has 1 atom stereocenters. The van der Waals surface area contributed by atoms with Crippen molar-refractivity contribution in [2.75, 3.05) is 6.54 Å². The maximum Gasteiger partial charge on any atom is 0.422 e. The number of halogens is 4. The van der Waals surface area contributed by atoms with Gasteiger partial charge >= 0.3 is 6.18 Å². The van der Waals surface area contributed by atoms with E-state index in [0.29, 0.717) is 5.56 Å². The van der Waals surface area contributed by atoms with Crippen LogP contribution in [0.3, 0.4) is 0 Å². The van der Waals surface area contributed by atoms with Gasteiger partial charge in [0.05, 0.1) is 0 Å². The van der Waals surface area contributed by atoms with Crippen LogP contribution >= 0.6 is 0 Å². The van der Waals surface area contributed by atoms with Crippen LogP contribution in [0.1, 0.15) is 16.7 Å². The van der Waals surface area contributed by atoms with Gasteiger partial charge in [-0.3, -0.25) is 0 Å². The first-order valence-corrected chi connectivity index (χ1v) is 4.90. The van der Waals surface area contributed by atoms with E-state index in [1.807, 2.05) is 0 Å². The quantitative estimate of drug-likeness (QED) is 0.791. The summed E-state index contributed by atoms with van der Waals surface area (Å²) in [5, 5.41) is 9.59. The molecule has 0 aliphatic heterocycles. The van der Waals surface area contributed by atoms with Crippen molar-refractivity contribution in [3.63, 3.8) is 0 Å². The zero-order valence-corrected chi connectivity index (χ0v) is 9.40. The SMILES string of the molecule is Cc1cc(C)c(C(O)(CN)C(F)(F)F)c(F)c1. The number of aliphatic hydroxyl groups is 1. The van der Waals surface area contributed by atoms with E-state index in [4.69, 9.17) is 5.73 Å². The van der Waals surface area contributed by atoms with Gasteiger partial charge in [0.25, 0.3) is 0 Å². The average Bonchev–Trinajstić information content (AvgIpc) is 2.13. The summed E-state index contributed by atoms with van der Waals surface area (Å²) in [6.45, 7) is 1.73. The van der Waals surface area contributed by atoms with E-state index in [-0.39, 0.29) is 5.56 Å². The number of rotatable bonds is 2. The topological polar surface area (TPSA) is 46.2 Å². The molecule has 96 valence electrons. The van der Waals surface area contributed by atoms with Crippen LogP contribution in [0.4, 0.5) is 17.6 Å². The summed E-state index contributed by atoms with van der Waals surface area (Å²) in [4.78, 5) is 0. The van der Waals surface area contributed by atoms with Crippen LogP contribution in [0.5, 0.6) is 0 Å². The van der Waals surface area contributed by atoms with E-state index in [1.165, 1.54) is 13.0 Å². The van der Waals surface area contributed by atoms with Crippen LogP contribution in [0, 0.1) is 19.7 Å². The molecule has 0 fully saturated rings. The summed E-state index contributed by atoms with van der Waals surface area (Å²) in [6, 6.07) is 2.31. The molecule has 2 nitrogen and oxygen atoms in total. The molecule has 0 spiro atoms. The Morgan fingerprint density at radius 2 is 1.76 bits per heavy atom. The first-order valence-electron chi connectivity index (χ1n) is 4.90. The van der Waals surface area contributed by atoms with Crippen molar-refractivity contribution < 1.29 is 22.7 Å². The summed E-state index contributed by atoms with van der Waals surface area (Å²) in [7, 11) is 0. The van der Waals surface area contributed by atoms with Crippen molar-refractivity contribution in [2.24, 2.45) is 5.73 Å². The van der Waals surface area contributed by atoms with Crippen LogP contribution in [-0.4, -0.2) is 17.8 Å². The van der Waals surface area contributed by atoms with E-state index in [9.17, 15) is 22.7 Å². The summed E-state index contributed by atoms with van der Waals surface area (Å²) < 4.78 is 51.9. The van der Waals surface area contributed by atoms with E-state index in [1.54, 1.807) is 6.92 Å². The highest BCUT2D eigenvalue weighted by Crippen LogP contribution is 2.40. The second-order valence-corrected chi connectivity index (χ2v) is 4.00. The van der Waals surface area contributed by atoms with Crippen molar-refractivity contribution in [1.29, 1.82) is 0 Å². The summed E-state index contributed by atoms with van der Waals surface area (Å²) in [6.07, 6.45) is -5.03. The molecular weight excluding hydrogens is 238 g/mol. The Labute approximate surface area is 96.1 Å². The second kappa shape index (κ2) is 4.27. The maximum atomic E-state index is 13.6. The average molecular weight is 251 g/mol. The van der Waals surface area contributed by atoms with Crippen LogP contribution in [-0.2, 0) is 5.60 Å². The molecular formula is C11H13F4NO. The minimum atomic E-state index is -5.03. The Morgan fingerprint density at radius 1 is 1.24 bits per heavy atom. The summed E-state index contributed by atoms with van der Waals surface area (Å²) in [5.74, 6) is -1.10. The van der Waals surface area contributed by atoms with Gasteiger partial charge in [0.15, 0.2) is 0 Å². The highest BCUT2D eigenvalue weighted by Gasteiger charge is 2.55. The molecule has 0 amide bonds. The van der Waals surface area contributed by atoms with Crippen LogP contribution in [0.2, 0.25) is 0 Å². The normalized spacial score (nSPS) is 15.8. The largest absolute Gasteiger partial charge is 0.422 e. The zero-order chi connectivity index (χ0) is 13.4. The van der Waals surface area contributed by atoms with Crippen LogP contribution in [0.15, 0.2) is 12.1 Å². The first-order chi connectivity index (χ1) is 7.63. The minimum Gasteiger partial charge on any atom is -0.375 e. The molecule has 0 saturated carbocycles. The summed E-state index contributed by atoms with van der Waals surface area (Å²) >= 11 is 0. The molecule has 1 rings (SSSR count). The van der Waals surface area contributed by atoms with Gasteiger partial charge in [-0.25, -0.2) is 4.39 Å². The lowest BCUT2D eigenvalue weighted by atomic mass is 9.88. The molecule has 1 unspecified atom stereocenters. The third kappa shape index (κ3) is 2.28. The van der Waals surface area contributed by atoms with Crippen LogP contribution < -0.4 is 5.73 Å². The van der Waals surface area contributed by atoms with Crippen molar-refractivity contribution in [1.82, 2.24) is 0 Å². The van der Waals surface area contributed by atoms with Gasteiger partial charge in [0.1, 0.15) is 5.82 Å². The number of benzene rings is 1. The number of alkyl halides is 3. The van der Waals surface area contributed by atoms with Gasteiger partial charge in [0, 0.05) is 12.1 Å². The fourth-order valence-electron chi connectivity index (χ4n) is 1.80. The number of hydrogen-bond acceptors (Lipinski definition) is 2. The van der Waals surface area contributed by atoms with Gasteiger partial charge in [-0.15, -0.1) is 0 Å². The fraction of sp³-hybridized carbons (Fsp3) is 0.455. The molecule has 3 N–H and O–H groups in total. The lowest BCUT2D eigenvalue weighted by molar-refractivity contribution is -0.263. The molecule has 0 saturated heterocycles. The molecule has 0 aliphatic carbocycles. The zero-order valence-electron chi connectivity index (χ0n) is 9.40. The van der Waals surface area contributed by atoms with Crippen molar-refractivity contribution >= 4 is 0 Å². The van der Waals surface area contributed by atoms with Crippen molar-refractivity contribution in [3.8, 4) is 0 Å². The monoisotopic (exact) mass is 251 g/mol. The standard InChI is InChI=1S/C11H13F4NO/c1-6-3-7(2)9(8(12)4-6)10(17,5-16)11(13,14)15/h3-4,17H,5,16H2,1-2H3. The maximum absolute atomic E-state index is 13.6. The highest BCUT2D eigenvalue weighted by atomic mass is 19.4. The second-order valence-electron chi connectivity index (χ2n) is 4.00. The van der Waals surface area contributed by atoms with Gasteiger partial charge < -0.3 is 10.8 Å². The molecule has 0 aromatic heterocycles. The molecule has 0 aliphatic rings. The molecule has 1 aromatic carbocycles. The van der Waals surface area contributed by atoms with Crippen molar-refractivity contribution in [2.45, 2.75) is 25.6 Å². The van der Waals surface area contributed by atoms with E-state index < -0.39 is 29.7 Å². The van der Waals surface area contributed by atoms with Gasteiger partial charge in [-0.05, 0) is 31.0 Å². The first kappa shape index (κ1) is 13.9. The van der Waals surface area contributed by atoms with E-state index in [0.717, 1.165) is 6.07 Å².